The Morgan fingerprint density at radius 2 is 1.55 bits per heavy atom. The second kappa shape index (κ2) is 16.0. The quantitative estimate of drug-likeness (QED) is 0.260. The van der Waals surface area contributed by atoms with Gasteiger partial charge in [-0.1, -0.05) is 44.9 Å². The summed E-state index contributed by atoms with van der Waals surface area (Å²) in [5, 5.41) is 9.30. The fourth-order valence-electron chi connectivity index (χ4n) is 4.54. The van der Waals surface area contributed by atoms with Gasteiger partial charge in [0.2, 0.25) is 0 Å². The summed E-state index contributed by atoms with van der Waals surface area (Å²) in [4.78, 5) is 26.4. The van der Waals surface area contributed by atoms with Crippen molar-refractivity contribution < 1.29 is 28.9 Å². The average Bonchev–Trinajstić information content (AvgIpc) is 2.87. The van der Waals surface area contributed by atoms with Crippen molar-refractivity contribution in [2.45, 2.75) is 79.8 Å². The smallest absolute Gasteiger partial charge is 0.415 e. The molecule has 38 heavy (non-hydrogen) atoms. The van der Waals surface area contributed by atoms with Gasteiger partial charge in [-0.05, 0) is 86.9 Å². The van der Waals surface area contributed by atoms with E-state index in [0.29, 0.717) is 43.7 Å². The molecule has 0 spiro atoms. The number of benzene rings is 2. The molecular weight excluding hydrogens is 482 g/mol. The van der Waals surface area contributed by atoms with Crippen LogP contribution in [-0.4, -0.2) is 54.5 Å². The van der Waals surface area contributed by atoms with E-state index in [2.05, 4.69) is 13.8 Å². The van der Waals surface area contributed by atoms with Crippen LogP contribution in [0.25, 0.3) is 0 Å². The maximum absolute atomic E-state index is 13.3. The largest absolute Gasteiger partial charge is 0.492 e. The van der Waals surface area contributed by atoms with Crippen LogP contribution in [0.2, 0.25) is 0 Å². The van der Waals surface area contributed by atoms with Gasteiger partial charge in [0, 0.05) is 19.6 Å². The topological polar surface area (TPSA) is 85.3 Å². The molecule has 2 rings (SSSR count). The van der Waals surface area contributed by atoms with Gasteiger partial charge in [-0.2, -0.15) is 0 Å². The zero-order valence-corrected chi connectivity index (χ0v) is 23.9. The molecule has 0 aliphatic rings. The van der Waals surface area contributed by atoms with E-state index in [4.69, 9.17) is 14.2 Å². The minimum atomic E-state index is -0.973. The Morgan fingerprint density at radius 1 is 0.921 bits per heavy atom. The number of carbonyl (C=O) groups is 2. The Bertz CT molecular complexity index is 1010. The number of carboxylic acids is 1. The molecule has 1 amide bonds. The summed E-state index contributed by atoms with van der Waals surface area (Å²) >= 11 is 0. The standard InChI is InChI=1S/C31H45NO6/c1-7-10-26(11-8-2)21-32(31(35)38-28-19-23(5)22(4)18-24(28)6)16-17-37-27-14-12-25(13-15-27)20-29(30(33)34)36-9-3/h12-15,18-19,26,29H,7-11,16-17,20-21H2,1-6H3,(H,33,34). The number of ether oxygens (including phenoxy) is 3. The van der Waals surface area contributed by atoms with Gasteiger partial charge in [0.25, 0.3) is 0 Å². The number of hydrogen-bond donors (Lipinski definition) is 1. The first-order chi connectivity index (χ1) is 18.2. The van der Waals surface area contributed by atoms with Crippen LogP contribution in [0.1, 0.15) is 68.7 Å². The number of amides is 1. The SMILES string of the molecule is CCCC(CCC)CN(CCOc1ccc(CC(OCC)C(=O)O)cc1)C(=O)Oc1cc(C)c(C)cc1C. The summed E-state index contributed by atoms with van der Waals surface area (Å²) in [6, 6.07) is 11.3. The van der Waals surface area contributed by atoms with E-state index in [9.17, 15) is 14.7 Å². The fourth-order valence-corrected chi connectivity index (χ4v) is 4.54. The summed E-state index contributed by atoms with van der Waals surface area (Å²) in [5.74, 6) is 0.688. The van der Waals surface area contributed by atoms with Gasteiger partial charge < -0.3 is 24.2 Å². The van der Waals surface area contributed by atoms with Gasteiger partial charge in [0.05, 0.1) is 6.54 Å². The first-order valence-corrected chi connectivity index (χ1v) is 13.8. The van der Waals surface area contributed by atoms with Crippen molar-refractivity contribution in [3.8, 4) is 11.5 Å². The van der Waals surface area contributed by atoms with E-state index in [1.165, 1.54) is 5.56 Å². The lowest BCUT2D eigenvalue weighted by atomic mass is 9.98. The van der Waals surface area contributed by atoms with Gasteiger partial charge in [0.1, 0.15) is 18.1 Å². The van der Waals surface area contributed by atoms with Crippen LogP contribution in [0.15, 0.2) is 36.4 Å². The molecule has 0 heterocycles. The second-order valence-electron chi connectivity index (χ2n) is 9.94. The van der Waals surface area contributed by atoms with Crippen molar-refractivity contribution in [2.24, 2.45) is 5.92 Å². The zero-order valence-electron chi connectivity index (χ0n) is 23.9. The van der Waals surface area contributed by atoms with Crippen molar-refractivity contribution in [1.29, 1.82) is 0 Å². The second-order valence-corrected chi connectivity index (χ2v) is 9.94. The Morgan fingerprint density at radius 3 is 2.13 bits per heavy atom. The molecule has 0 fully saturated rings. The van der Waals surface area contributed by atoms with Gasteiger partial charge in [-0.3, -0.25) is 0 Å². The zero-order chi connectivity index (χ0) is 28.1. The number of aryl methyl sites for hydroxylation is 3. The lowest BCUT2D eigenvalue weighted by Crippen LogP contribution is -2.40. The normalized spacial score (nSPS) is 11.9. The molecule has 2 aromatic carbocycles. The van der Waals surface area contributed by atoms with Gasteiger partial charge in [0.15, 0.2) is 6.10 Å². The summed E-state index contributed by atoms with van der Waals surface area (Å²) < 4.78 is 17.1. The molecule has 2 aromatic rings. The van der Waals surface area contributed by atoms with Crippen LogP contribution >= 0.6 is 0 Å². The van der Waals surface area contributed by atoms with E-state index in [0.717, 1.165) is 42.4 Å². The molecule has 1 N–H and O–H groups in total. The summed E-state index contributed by atoms with van der Waals surface area (Å²) in [7, 11) is 0. The predicted octanol–water partition coefficient (Wildman–Crippen LogP) is 6.74. The number of aliphatic carboxylic acids is 1. The number of nitrogens with zero attached hydrogens (tertiary/aromatic N) is 1. The fraction of sp³-hybridized carbons (Fsp3) is 0.548. The molecule has 0 bridgehead atoms. The first-order valence-electron chi connectivity index (χ1n) is 13.8. The Labute approximate surface area is 228 Å². The van der Waals surface area contributed by atoms with Crippen LogP contribution in [0, 0.1) is 26.7 Å². The minimum Gasteiger partial charge on any atom is -0.492 e. The number of rotatable bonds is 16. The third-order valence-electron chi connectivity index (χ3n) is 6.74. The molecule has 1 unspecified atom stereocenters. The predicted molar refractivity (Wildman–Crippen MR) is 150 cm³/mol. The highest BCUT2D eigenvalue weighted by atomic mass is 16.6. The number of carboxylic acid groups (broad SMARTS) is 1. The molecule has 0 saturated carbocycles. The molecule has 0 aliphatic heterocycles. The van der Waals surface area contributed by atoms with Crippen molar-refractivity contribution in [3.05, 3.63) is 58.7 Å². The van der Waals surface area contributed by atoms with Crippen LogP contribution in [-0.2, 0) is 16.0 Å². The molecule has 0 saturated heterocycles. The summed E-state index contributed by atoms with van der Waals surface area (Å²) in [6.07, 6.45) is 3.31. The molecular formula is C31H45NO6. The van der Waals surface area contributed by atoms with Crippen LogP contribution in [0.3, 0.4) is 0 Å². The third kappa shape index (κ3) is 10.0. The van der Waals surface area contributed by atoms with Crippen molar-refractivity contribution in [3.63, 3.8) is 0 Å². The lowest BCUT2D eigenvalue weighted by molar-refractivity contribution is -0.149. The molecule has 7 heteroatoms. The maximum Gasteiger partial charge on any atom is 0.415 e. The third-order valence-corrected chi connectivity index (χ3v) is 6.74. The highest BCUT2D eigenvalue weighted by molar-refractivity contribution is 5.73. The van der Waals surface area contributed by atoms with E-state index in [1.54, 1.807) is 11.8 Å². The summed E-state index contributed by atoms with van der Waals surface area (Å²) in [6.45, 7) is 13.8. The Balaban J connectivity index is 2.06. The molecule has 1 atom stereocenters. The number of hydrogen-bond acceptors (Lipinski definition) is 5. The van der Waals surface area contributed by atoms with Crippen molar-refractivity contribution in [2.75, 3.05) is 26.3 Å². The van der Waals surface area contributed by atoms with Gasteiger partial charge in [-0.15, -0.1) is 0 Å². The van der Waals surface area contributed by atoms with Crippen molar-refractivity contribution in [1.82, 2.24) is 4.90 Å². The highest BCUT2D eigenvalue weighted by Crippen LogP contribution is 2.24. The Hall–Kier alpha value is -3.06. The molecule has 7 nitrogen and oxygen atoms in total. The van der Waals surface area contributed by atoms with Gasteiger partial charge in [-0.25, -0.2) is 9.59 Å². The average molecular weight is 528 g/mol. The highest BCUT2D eigenvalue weighted by Gasteiger charge is 2.22. The van der Waals surface area contributed by atoms with Gasteiger partial charge >= 0.3 is 12.1 Å². The first kappa shape index (κ1) is 31.2. The van der Waals surface area contributed by atoms with Crippen molar-refractivity contribution >= 4 is 12.1 Å². The van der Waals surface area contributed by atoms with E-state index in [1.807, 2.05) is 57.2 Å². The van der Waals surface area contributed by atoms with E-state index < -0.39 is 12.1 Å². The van der Waals surface area contributed by atoms with Crippen LogP contribution in [0.4, 0.5) is 4.79 Å². The lowest BCUT2D eigenvalue weighted by Gasteiger charge is -2.27. The molecule has 0 aliphatic carbocycles. The van der Waals surface area contributed by atoms with E-state index >= 15 is 0 Å². The monoisotopic (exact) mass is 527 g/mol. The van der Waals surface area contributed by atoms with Crippen LogP contribution < -0.4 is 9.47 Å². The summed E-state index contributed by atoms with van der Waals surface area (Å²) in [5.41, 5.74) is 4.04. The Kier molecular flexibility index (Phi) is 13.1. The van der Waals surface area contributed by atoms with Crippen LogP contribution in [0.5, 0.6) is 11.5 Å². The molecule has 0 aromatic heterocycles. The van der Waals surface area contributed by atoms with E-state index in [-0.39, 0.29) is 12.5 Å². The maximum atomic E-state index is 13.3. The number of carbonyl (C=O) groups excluding carboxylic acids is 1. The molecule has 210 valence electrons. The minimum absolute atomic E-state index is 0.289. The molecule has 0 radical (unpaired) electrons.